The van der Waals surface area contributed by atoms with Crippen molar-refractivity contribution in [2.24, 2.45) is 5.73 Å². The standard InChI is InChI=1S/C17H19N3O5S/c18-17(21)12-4-6-13(7-5-12)26(22,23)20-14-11-24-10-8-15(14)25-16-3-1-2-9-19-16/h1-7,9,14-15,20H,8,10-11H2,(H2,18,21)/t14-,15-/m1/s1. The topological polar surface area (TPSA) is 121 Å². The Labute approximate surface area is 151 Å². The summed E-state index contributed by atoms with van der Waals surface area (Å²) in [6.07, 6.45) is 1.73. The minimum Gasteiger partial charge on any atom is -0.472 e. The molecule has 1 aromatic carbocycles. The van der Waals surface area contributed by atoms with Gasteiger partial charge in [0, 0.05) is 24.2 Å². The lowest BCUT2D eigenvalue weighted by Crippen LogP contribution is -2.51. The van der Waals surface area contributed by atoms with Crippen molar-refractivity contribution in [1.82, 2.24) is 9.71 Å². The third kappa shape index (κ3) is 4.37. The molecule has 3 N–H and O–H groups in total. The van der Waals surface area contributed by atoms with Crippen molar-refractivity contribution in [3.63, 3.8) is 0 Å². The zero-order chi connectivity index (χ0) is 18.6. The number of benzene rings is 1. The maximum absolute atomic E-state index is 12.6. The van der Waals surface area contributed by atoms with E-state index in [1.807, 2.05) is 0 Å². The van der Waals surface area contributed by atoms with Gasteiger partial charge in [0.25, 0.3) is 0 Å². The molecule has 1 aromatic heterocycles. The highest BCUT2D eigenvalue weighted by molar-refractivity contribution is 7.89. The Morgan fingerprint density at radius 1 is 1.23 bits per heavy atom. The van der Waals surface area contributed by atoms with Crippen LogP contribution in [0.3, 0.4) is 0 Å². The molecule has 9 heteroatoms. The van der Waals surface area contributed by atoms with Gasteiger partial charge in [-0.25, -0.2) is 18.1 Å². The predicted molar refractivity (Wildman–Crippen MR) is 93.2 cm³/mol. The van der Waals surface area contributed by atoms with Crippen LogP contribution in [-0.4, -0.2) is 44.7 Å². The van der Waals surface area contributed by atoms with Crippen LogP contribution in [0.1, 0.15) is 16.8 Å². The first kappa shape index (κ1) is 18.3. The molecule has 3 rings (SSSR count). The molecule has 1 aliphatic rings. The van der Waals surface area contributed by atoms with E-state index in [9.17, 15) is 13.2 Å². The van der Waals surface area contributed by atoms with E-state index in [0.29, 0.717) is 18.9 Å². The maximum atomic E-state index is 12.6. The molecule has 8 nitrogen and oxygen atoms in total. The molecule has 1 saturated heterocycles. The van der Waals surface area contributed by atoms with Gasteiger partial charge in [0.1, 0.15) is 6.10 Å². The fourth-order valence-electron chi connectivity index (χ4n) is 2.61. The number of ether oxygens (including phenoxy) is 2. The number of nitrogens with two attached hydrogens (primary N) is 1. The van der Waals surface area contributed by atoms with Crippen LogP contribution < -0.4 is 15.2 Å². The Bertz CT molecular complexity index is 856. The number of rotatable bonds is 6. The van der Waals surface area contributed by atoms with Crippen LogP contribution in [-0.2, 0) is 14.8 Å². The molecule has 0 unspecified atom stereocenters. The number of nitrogens with zero attached hydrogens (tertiary/aromatic N) is 1. The van der Waals surface area contributed by atoms with Crippen molar-refractivity contribution in [1.29, 1.82) is 0 Å². The zero-order valence-electron chi connectivity index (χ0n) is 13.9. The molecule has 2 heterocycles. The Morgan fingerprint density at radius 2 is 2.00 bits per heavy atom. The summed E-state index contributed by atoms with van der Waals surface area (Å²) >= 11 is 0. The number of nitrogens with one attached hydrogen (secondary N) is 1. The average molecular weight is 377 g/mol. The molecule has 0 radical (unpaired) electrons. The van der Waals surface area contributed by atoms with Gasteiger partial charge in [0.05, 0.1) is 24.2 Å². The lowest BCUT2D eigenvalue weighted by Gasteiger charge is -2.31. The summed E-state index contributed by atoms with van der Waals surface area (Å²) < 4.78 is 39.1. The van der Waals surface area contributed by atoms with Crippen LogP contribution >= 0.6 is 0 Å². The summed E-state index contributed by atoms with van der Waals surface area (Å²) in [5.74, 6) is -0.194. The number of hydrogen-bond acceptors (Lipinski definition) is 6. The SMILES string of the molecule is NC(=O)c1ccc(S(=O)(=O)N[C@@H]2COCC[C@H]2Oc2ccccn2)cc1. The van der Waals surface area contributed by atoms with E-state index in [-0.39, 0.29) is 17.1 Å². The van der Waals surface area contributed by atoms with E-state index in [4.69, 9.17) is 15.2 Å². The third-order valence-electron chi connectivity index (χ3n) is 3.96. The van der Waals surface area contributed by atoms with Crippen LogP contribution in [0.5, 0.6) is 5.88 Å². The summed E-state index contributed by atoms with van der Waals surface area (Å²) in [7, 11) is -3.81. The van der Waals surface area contributed by atoms with Gasteiger partial charge < -0.3 is 15.2 Å². The van der Waals surface area contributed by atoms with Crippen LogP contribution in [0.4, 0.5) is 0 Å². The predicted octanol–water partition coefficient (Wildman–Crippen LogP) is 0.695. The van der Waals surface area contributed by atoms with Crippen LogP contribution in [0.15, 0.2) is 53.6 Å². The maximum Gasteiger partial charge on any atom is 0.248 e. The Morgan fingerprint density at radius 3 is 2.65 bits per heavy atom. The van der Waals surface area contributed by atoms with E-state index in [0.717, 1.165) is 0 Å². The smallest absolute Gasteiger partial charge is 0.248 e. The quantitative estimate of drug-likeness (QED) is 0.764. The van der Waals surface area contributed by atoms with Crippen LogP contribution in [0.2, 0.25) is 0 Å². The average Bonchev–Trinajstić information content (AvgIpc) is 2.64. The first-order valence-corrected chi connectivity index (χ1v) is 9.52. The van der Waals surface area contributed by atoms with E-state index >= 15 is 0 Å². The van der Waals surface area contributed by atoms with Crippen molar-refractivity contribution in [3.8, 4) is 5.88 Å². The molecule has 0 saturated carbocycles. The van der Waals surface area contributed by atoms with Gasteiger partial charge in [-0.05, 0) is 30.3 Å². The first-order valence-electron chi connectivity index (χ1n) is 8.03. The molecule has 138 valence electrons. The highest BCUT2D eigenvalue weighted by atomic mass is 32.2. The highest BCUT2D eigenvalue weighted by Gasteiger charge is 2.32. The minimum atomic E-state index is -3.81. The molecule has 1 fully saturated rings. The van der Waals surface area contributed by atoms with Gasteiger partial charge in [0.2, 0.25) is 21.8 Å². The second-order valence-electron chi connectivity index (χ2n) is 5.80. The molecule has 2 atom stereocenters. The van der Waals surface area contributed by atoms with Gasteiger partial charge in [-0.15, -0.1) is 0 Å². The van der Waals surface area contributed by atoms with Gasteiger partial charge >= 0.3 is 0 Å². The molecule has 0 spiro atoms. The van der Waals surface area contributed by atoms with Gasteiger partial charge in [-0.2, -0.15) is 0 Å². The Balaban J connectivity index is 1.74. The molecule has 1 amide bonds. The van der Waals surface area contributed by atoms with Crippen molar-refractivity contribution in [2.45, 2.75) is 23.5 Å². The Kier molecular flexibility index (Phi) is 5.50. The summed E-state index contributed by atoms with van der Waals surface area (Å²) in [5.41, 5.74) is 5.41. The number of hydrogen-bond donors (Lipinski definition) is 2. The first-order chi connectivity index (χ1) is 12.5. The number of primary amides is 1. The molecular weight excluding hydrogens is 358 g/mol. The number of sulfonamides is 1. The van der Waals surface area contributed by atoms with E-state index in [1.54, 1.807) is 24.4 Å². The fourth-order valence-corrected chi connectivity index (χ4v) is 3.86. The Hall–Kier alpha value is -2.49. The van der Waals surface area contributed by atoms with Crippen molar-refractivity contribution >= 4 is 15.9 Å². The largest absolute Gasteiger partial charge is 0.472 e. The zero-order valence-corrected chi connectivity index (χ0v) is 14.7. The summed E-state index contributed by atoms with van der Waals surface area (Å²) in [5, 5.41) is 0. The monoisotopic (exact) mass is 377 g/mol. The summed E-state index contributed by atoms with van der Waals surface area (Å²) in [4.78, 5) is 15.2. The van der Waals surface area contributed by atoms with Gasteiger partial charge in [-0.1, -0.05) is 6.07 Å². The lowest BCUT2D eigenvalue weighted by atomic mass is 10.1. The molecule has 1 aliphatic heterocycles. The van der Waals surface area contributed by atoms with Gasteiger partial charge in [-0.3, -0.25) is 4.79 Å². The normalized spacial score (nSPS) is 20.5. The van der Waals surface area contributed by atoms with E-state index in [2.05, 4.69) is 9.71 Å². The van der Waals surface area contributed by atoms with Crippen molar-refractivity contribution < 1.29 is 22.7 Å². The van der Waals surface area contributed by atoms with E-state index < -0.39 is 28.1 Å². The van der Waals surface area contributed by atoms with Crippen LogP contribution in [0.25, 0.3) is 0 Å². The minimum absolute atomic E-state index is 0.0321. The molecule has 0 bridgehead atoms. The van der Waals surface area contributed by atoms with E-state index in [1.165, 1.54) is 24.3 Å². The molecule has 0 aliphatic carbocycles. The van der Waals surface area contributed by atoms with Crippen LogP contribution in [0, 0.1) is 0 Å². The number of pyridine rings is 1. The molecular formula is C17H19N3O5S. The third-order valence-corrected chi connectivity index (χ3v) is 5.46. The highest BCUT2D eigenvalue weighted by Crippen LogP contribution is 2.18. The number of carbonyl (C=O) groups excluding carboxylic acids is 1. The molecule has 26 heavy (non-hydrogen) atoms. The lowest BCUT2D eigenvalue weighted by molar-refractivity contribution is 0.00150. The molecule has 2 aromatic rings. The summed E-state index contributed by atoms with van der Waals surface area (Å²) in [6, 6.07) is 10.1. The number of carbonyl (C=O) groups is 1. The summed E-state index contributed by atoms with van der Waals surface area (Å²) in [6.45, 7) is 0.666. The number of aromatic nitrogens is 1. The van der Waals surface area contributed by atoms with Gasteiger partial charge in [0.15, 0.2) is 0 Å². The number of amides is 1. The second kappa shape index (κ2) is 7.81. The van der Waals surface area contributed by atoms with Crippen molar-refractivity contribution in [2.75, 3.05) is 13.2 Å². The fraction of sp³-hybridized carbons (Fsp3) is 0.294. The van der Waals surface area contributed by atoms with Crippen molar-refractivity contribution in [3.05, 3.63) is 54.2 Å². The second-order valence-corrected chi connectivity index (χ2v) is 7.52.